The number of benzene rings is 1. The Morgan fingerprint density at radius 2 is 1.92 bits per heavy atom. The summed E-state index contributed by atoms with van der Waals surface area (Å²) < 4.78 is 19.1. The molecule has 1 fully saturated rings. The van der Waals surface area contributed by atoms with Crippen molar-refractivity contribution in [3.8, 4) is 0 Å². The fraction of sp³-hybridized carbons (Fsp3) is 0.556. The van der Waals surface area contributed by atoms with Gasteiger partial charge in [-0.25, -0.2) is 4.98 Å². The van der Waals surface area contributed by atoms with Gasteiger partial charge in [0.25, 0.3) is 0 Å². The smallest absolute Gasteiger partial charge is 0.466 e. The van der Waals surface area contributed by atoms with E-state index in [1.807, 2.05) is 57.4 Å². The summed E-state index contributed by atoms with van der Waals surface area (Å²) >= 11 is 0. The van der Waals surface area contributed by atoms with Crippen LogP contribution in [0.3, 0.4) is 0 Å². The van der Waals surface area contributed by atoms with E-state index in [-0.39, 0.29) is 17.2 Å². The maximum atomic E-state index is 11.5. The molecule has 0 saturated carbocycles. The highest BCUT2D eigenvalue weighted by Gasteiger charge is 2.51. The van der Waals surface area contributed by atoms with E-state index in [4.69, 9.17) is 14.0 Å². The molecule has 7 heteroatoms. The van der Waals surface area contributed by atoms with Gasteiger partial charge >= 0.3 is 13.1 Å². The molecule has 0 aliphatic carbocycles. The first-order chi connectivity index (χ1) is 11.7. The van der Waals surface area contributed by atoms with Crippen molar-refractivity contribution in [1.29, 1.82) is 0 Å². The number of carbonyl (C=O) groups is 1. The fourth-order valence-electron chi connectivity index (χ4n) is 2.83. The molecule has 0 bridgehead atoms. The van der Waals surface area contributed by atoms with E-state index < -0.39 is 7.12 Å². The highest BCUT2D eigenvalue weighted by Crippen LogP contribution is 2.36. The van der Waals surface area contributed by atoms with E-state index in [0.717, 1.165) is 16.5 Å². The van der Waals surface area contributed by atoms with Gasteiger partial charge in [0, 0.05) is 6.54 Å². The third kappa shape index (κ3) is 3.44. The molecule has 0 atom stereocenters. The quantitative estimate of drug-likeness (QED) is 0.615. The van der Waals surface area contributed by atoms with Crippen molar-refractivity contribution >= 4 is 29.6 Å². The Morgan fingerprint density at radius 1 is 1.24 bits per heavy atom. The van der Waals surface area contributed by atoms with Gasteiger partial charge in [-0.05, 0) is 52.2 Å². The van der Waals surface area contributed by atoms with Crippen LogP contribution in [-0.4, -0.2) is 40.4 Å². The molecule has 1 aromatic heterocycles. The number of carbonyl (C=O) groups excluding carboxylic acids is 1. The highest BCUT2D eigenvalue weighted by molar-refractivity contribution is 6.62. The van der Waals surface area contributed by atoms with Gasteiger partial charge in [-0.15, -0.1) is 0 Å². The number of esters is 1. The number of aryl methyl sites for hydroxylation is 1. The average molecular weight is 344 g/mol. The first-order valence-corrected chi connectivity index (χ1v) is 8.69. The molecule has 2 aromatic rings. The lowest BCUT2D eigenvalue weighted by Crippen LogP contribution is -2.41. The van der Waals surface area contributed by atoms with Crippen LogP contribution in [0.2, 0.25) is 0 Å². The summed E-state index contributed by atoms with van der Waals surface area (Å²) in [6, 6.07) is 5.97. The Morgan fingerprint density at radius 3 is 2.56 bits per heavy atom. The first-order valence-electron chi connectivity index (χ1n) is 8.69. The van der Waals surface area contributed by atoms with Gasteiger partial charge in [0.15, 0.2) is 0 Å². The van der Waals surface area contributed by atoms with Crippen molar-refractivity contribution in [3.63, 3.8) is 0 Å². The second-order valence-corrected chi connectivity index (χ2v) is 7.33. The van der Waals surface area contributed by atoms with Crippen LogP contribution in [0.1, 0.15) is 41.0 Å². The Hall–Kier alpha value is -1.86. The molecule has 0 radical (unpaired) electrons. The maximum Gasteiger partial charge on any atom is 0.494 e. The molecular weight excluding hydrogens is 319 g/mol. The largest absolute Gasteiger partial charge is 0.494 e. The minimum absolute atomic E-state index is 0.196. The lowest BCUT2D eigenvalue weighted by atomic mass is 9.79. The topological polar surface area (TPSA) is 62.6 Å². The number of hydrogen-bond acceptors (Lipinski definition) is 5. The van der Waals surface area contributed by atoms with Gasteiger partial charge in [0.1, 0.15) is 0 Å². The zero-order valence-corrected chi connectivity index (χ0v) is 15.5. The molecule has 25 heavy (non-hydrogen) atoms. The minimum Gasteiger partial charge on any atom is -0.466 e. The molecule has 134 valence electrons. The van der Waals surface area contributed by atoms with Gasteiger partial charge in [-0.1, -0.05) is 6.07 Å². The van der Waals surface area contributed by atoms with Crippen molar-refractivity contribution < 1.29 is 18.8 Å². The zero-order chi connectivity index (χ0) is 18.2. The van der Waals surface area contributed by atoms with Crippen LogP contribution < -0.4 is 5.46 Å². The molecule has 0 N–H and O–H groups in total. The first kappa shape index (κ1) is 18.0. The van der Waals surface area contributed by atoms with Crippen molar-refractivity contribution in [2.24, 2.45) is 0 Å². The van der Waals surface area contributed by atoms with E-state index >= 15 is 0 Å². The summed E-state index contributed by atoms with van der Waals surface area (Å²) in [6.07, 6.45) is 2.08. The number of nitrogens with zero attached hydrogens (tertiary/aromatic N) is 2. The van der Waals surface area contributed by atoms with E-state index in [0.29, 0.717) is 19.6 Å². The summed E-state index contributed by atoms with van der Waals surface area (Å²) in [7, 11) is -0.404. The van der Waals surface area contributed by atoms with Gasteiger partial charge < -0.3 is 18.6 Å². The SMILES string of the molecule is CCOC(=O)CCn1cnc2cc(B3OC(C)(C)C(C)(C)O3)ccc21. The number of rotatable bonds is 5. The third-order valence-electron chi connectivity index (χ3n) is 5.03. The van der Waals surface area contributed by atoms with Crippen LogP contribution in [0.15, 0.2) is 24.5 Å². The standard InChI is InChI=1S/C18H25BN2O4/c1-6-23-16(22)9-10-21-12-20-14-11-13(7-8-15(14)21)19-24-17(2,3)18(4,5)25-19/h7-8,11-12H,6,9-10H2,1-5H3. The maximum absolute atomic E-state index is 11.5. The molecule has 2 heterocycles. The van der Waals surface area contributed by atoms with Crippen molar-refractivity contribution in [1.82, 2.24) is 9.55 Å². The summed E-state index contributed by atoms with van der Waals surface area (Å²) in [6.45, 7) is 10.9. The number of ether oxygens (including phenoxy) is 1. The van der Waals surface area contributed by atoms with Crippen LogP contribution in [0.25, 0.3) is 11.0 Å². The van der Waals surface area contributed by atoms with Crippen LogP contribution >= 0.6 is 0 Å². The second kappa shape index (κ2) is 6.46. The molecule has 6 nitrogen and oxygen atoms in total. The zero-order valence-electron chi connectivity index (χ0n) is 15.5. The number of aromatic nitrogens is 2. The molecular formula is C18H25BN2O4. The van der Waals surface area contributed by atoms with Gasteiger partial charge in [0.2, 0.25) is 0 Å². The van der Waals surface area contributed by atoms with Crippen LogP contribution in [0, 0.1) is 0 Å². The molecule has 1 aromatic carbocycles. The van der Waals surface area contributed by atoms with Crippen molar-refractivity contribution in [3.05, 3.63) is 24.5 Å². The van der Waals surface area contributed by atoms with Crippen LogP contribution in [-0.2, 0) is 25.4 Å². The Labute approximate surface area is 148 Å². The fourth-order valence-corrected chi connectivity index (χ4v) is 2.83. The van der Waals surface area contributed by atoms with Gasteiger partial charge in [-0.3, -0.25) is 4.79 Å². The van der Waals surface area contributed by atoms with Crippen molar-refractivity contribution in [2.75, 3.05) is 6.61 Å². The van der Waals surface area contributed by atoms with E-state index in [1.54, 1.807) is 6.33 Å². The normalized spacial score (nSPS) is 18.7. The molecule has 0 unspecified atom stereocenters. The number of fused-ring (bicyclic) bond motifs is 1. The summed E-state index contributed by atoms with van der Waals surface area (Å²) in [5.74, 6) is -0.196. The minimum atomic E-state index is -0.404. The summed E-state index contributed by atoms with van der Waals surface area (Å²) in [4.78, 5) is 16.0. The molecule has 3 rings (SSSR count). The van der Waals surface area contributed by atoms with Gasteiger partial charge in [0.05, 0.1) is 41.6 Å². The lowest BCUT2D eigenvalue weighted by Gasteiger charge is -2.32. The Balaban J connectivity index is 1.77. The average Bonchev–Trinajstić information content (AvgIpc) is 3.03. The predicted molar refractivity (Wildman–Crippen MR) is 96.7 cm³/mol. The Kier molecular flexibility index (Phi) is 4.64. The highest BCUT2D eigenvalue weighted by atomic mass is 16.7. The summed E-state index contributed by atoms with van der Waals surface area (Å²) in [5, 5.41) is 0. The number of imidazole rings is 1. The molecule has 1 saturated heterocycles. The van der Waals surface area contributed by atoms with Crippen LogP contribution in [0.4, 0.5) is 0 Å². The monoisotopic (exact) mass is 344 g/mol. The second-order valence-electron chi connectivity index (χ2n) is 7.33. The Bertz CT molecular complexity index is 768. The number of hydrogen-bond donors (Lipinski definition) is 0. The predicted octanol–water partition coefficient (Wildman–Crippen LogP) is 2.29. The molecule has 0 spiro atoms. The molecule has 1 aliphatic rings. The van der Waals surface area contributed by atoms with E-state index in [2.05, 4.69) is 4.98 Å². The van der Waals surface area contributed by atoms with E-state index in [1.165, 1.54) is 0 Å². The summed E-state index contributed by atoms with van der Waals surface area (Å²) in [5.41, 5.74) is 2.04. The lowest BCUT2D eigenvalue weighted by molar-refractivity contribution is -0.143. The van der Waals surface area contributed by atoms with E-state index in [9.17, 15) is 4.79 Å². The van der Waals surface area contributed by atoms with Gasteiger partial charge in [-0.2, -0.15) is 0 Å². The van der Waals surface area contributed by atoms with Crippen LogP contribution in [0.5, 0.6) is 0 Å². The third-order valence-corrected chi connectivity index (χ3v) is 5.03. The van der Waals surface area contributed by atoms with Crippen molar-refractivity contribution in [2.45, 2.75) is 58.8 Å². The molecule has 0 amide bonds. The molecule has 1 aliphatic heterocycles.